The summed E-state index contributed by atoms with van der Waals surface area (Å²) < 4.78 is 29.0. The lowest BCUT2D eigenvalue weighted by molar-refractivity contribution is -0.129. The van der Waals surface area contributed by atoms with E-state index < -0.39 is 18.6 Å². The van der Waals surface area contributed by atoms with E-state index in [-0.39, 0.29) is 11.8 Å². The lowest BCUT2D eigenvalue weighted by Crippen LogP contribution is -2.13. The van der Waals surface area contributed by atoms with Crippen LogP contribution in [0, 0.1) is 5.92 Å². The summed E-state index contributed by atoms with van der Waals surface area (Å²) in [6.07, 6.45) is 0.829. The fraction of sp³-hybridized carbons (Fsp3) is 0.750. The number of rotatable bonds is 5. The van der Waals surface area contributed by atoms with Crippen molar-refractivity contribution < 1.29 is 18.1 Å². The van der Waals surface area contributed by atoms with Crippen LogP contribution in [0.3, 0.4) is 0 Å². The van der Waals surface area contributed by atoms with E-state index in [0.29, 0.717) is 11.7 Å². The molecule has 2 atom stereocenters. The second-order valence-corrected chi connectivity index (χ2v) is 4.77. The van der Waals surface area contributed by atoms with Crippen LogP contribution in [0.5, 0.6) is 0 Å². The maximum Gasteiger partial charge on any atom is 0.296 e. The van der Waals surface area contributed by atoms with Gasteiger partial charge in [0.05, 0.1) is 6.42 Å². The van der Waals surface area contributed by atoms with Crippen molar-refractivity contribution in [1.82, 2.24) is 10.1 Å². The number of ketones is 1. The highest BCUT2D eigenvalue weighted by Crippen LogP contribution is 2.38. The van der Waals surface area contributed by atoms with Crippen molar-refractivity contribution >= 4 is 5.78 Å². The number of nitrogens with zero attached hydrogens (tertiary/aromatic N) is 2. The molecule has 1 aliphatic carbocycles. The van der Waals surface area contributed by atoms with E-state index in [1.165, 1.54) is 0 Å². The van der Waals surface area contributed by atoms with E-state index in [9.17, 15) is 13.6 Å². The van der Waals surface area contributed by atoms with Gasteiger partial charge in [0.25, 0.3) is 6.43 Å². The van der Waals surface area contributed by atoms with E-state index in [0.717, 1.165) is 25.7 Å². The Hall–Kier alpha value is -1.33. The average Bonchev–Trinajstić information content (AvgIpc) is 2.96. The normalized spacial score (nSPS) is 23.8. The molecule has 0 aromatic carbocycles. The van der Waals surface area contributed by atoms with Gasteiger partial charge >= 0.3 is 0 Å². The largest absolute Gasteiger partial charge is 0.339 e. The lowest BCUT2D eigenvalue weighted by atomic mass is 10.0. The second-order valence-electron chi connectivity index (χ2n) is 4.77. The Morgan fingerprint density at radius 1 is 1.50 bits per heavy atom. The molecule has 1 heterocycles. The highest BCUT2D eigenvalue weighted by molar-refractivity contribution is 5.82. The van der Waals surface area contributed by atoms with Gasteiger partial charge in [0.1, 0.15) is 0 Å². The maximum absolute atomic E-state index is 12.1. The molecule has 0 amide bonds. The molecule has 2 rings (SSSR count). The monoisotopic (exact) mass is 258 g/mol. The molecular formula is C12H16F2N2O2. The van der Waals surface area contributed by atoms with E-state index in [1.54, 1.807) is 0 Å². The Bertz CT molecular complexity index is 420. The summed E-state index contributed by atoms with van der Waals surface area (Å²) in [5.74, 6) is 0.301. The standard InChI is InChI=1S/C12H16F2N2O2/c1-2-7-3-4-8(5-7)12-15-10(18-16-12)6-9(17)11(13)14/h7-8,11H,2-6H2,1H3. The number of hydrogen-bond donors (Lipinski definition) is 0. The molecule has 0 spiro atoms. The number of aromatic nitrogens is 2. The molecule has 0 N–H and O–H groups in total. The zero-order valence-electron chi connectivity index (χ0n) is 10.2. The van der Waals surface area contributed by atoms with Crippen molar-refractivity contribution in [2.75, 3.05) is 0 Å². The minimum atomic E-state index is -2.98. The maximum atomic E-state index is 12.1. The lowest BCUT2D eigenvalue weighted by Gasteiger charge is -2.04. The molecule has 0 aliphatic heterocycles. The summed E-state index contributed by atoms with van der Waals surface area (Å²) in [7, 11) is 0. The minimum Gasteiger partial charge on any atom is -0.339 e. The number of alkyl halides is 2. The minimum absolute atomic E-state index is 0.00440. The fourth-order valence-corrected chi connectivity index (χ4v) is 2.41. The summed E-state index contributed by atoms with van der Waals surface area (Å²) >= 11 is 0. The Labute approximate surface area is 104 Å². The number of Topliss-reactive ketones (excluding diaryl/α,β-unsaturated/α-hetero) is 1. The molecule has 0 radical (unpaired) electrons. The molecule has 4 nitrogen and oxygen atoms in total. The van der Waals surface area contributed by atoms with Crippen molar-refractivity contribution in [3.05, 3.63) is 11.7 Å². The molecule has 0 bridgehead atoms. The summed E-state index contributed by atoms with van der Waals surface area (Å²) in [5, 5.41) is 3.80. The predicted octanol–water partition coefficient (Wildman–Crippen LogP) is 2.74. The van der Waals surface area contributed by atoms with Gasteiger partial charge in [0, 0.05) is 5.92 Å². The van der Waals surface area contributed by atoms with Crippen LogP contribution in [0.1, 0.15) is 50.2 Å². The first kappa shape index (κ1) is 13.1. The van der Waals surface area contributed by atoms with Crippen LogP contribution >= 0.6 is 0 Å². The van der Waals surface area contributed by atoms with Gasteiger partial charge < -0.3 is 4.52 Å². The zero-order valence-corrected chi connectivity index (χ0v) is 10.2. The van der Waals surface area contributed by atoms with E-state index in [2.05, 4.69) is 17.1 Å². The molecular weight excluding hydrogens is 242 g/mol. The SMILES string of the molecule is CCC1CCC(c2noc(CC(=O)C(F)F)n2)C1. The second kappa shape index (κ2) is 5.54. The van der Waals surface area contributed by atoms with Crippen LogP contribution in [0.25, 0.3) is 0 Å². The average molecular weight is 258 g/mol. The van der Waals surface area contributed by atoms with Gasteiger partial charge in [0.15, 0.2) is 5.82 Å². The van der Waals surface area contributed by atoms with Crippen molar-refractivity contribution in [2.24, 2.45) is 5.92 Å². The van der Waals surface area contributed by atoms with Crippen molar-refractivity contribution in [3.63, 3.8) is 0 Å². The quantitative estimate of drug-likeness (QED) is 0.814. The molecule has 1 saturated carbocycles. The number of carbonyl (C=O) groups is 1. The Kier molecular flexibility index (Phi) is 4.04. The van der Waals surface area contributed by atoms with E-state index in [4.69, 9.17) is 4.52 Å². The first-order valence-electron chi connectivity index (χ1n) is 6.23. The van der Waals surface area contributed by atoms with Gasteiger partial charge in [-0.05, 0) is 25.2 Å². The van der Waals surface area contributed by atoms with Gasteiger partial charge in [-0.3, -0.25) is 4.79 Å². The predicted molar refractivity (Wildman–Crippen MR) is 59.4 cm³/mol. The Balaban J connectivity index is 1.96. The number of carbonyl (C=O) groups excluding carboxylic acids is 1. The van der Waals surface area contributed by atoms with Crippen LogP contribution in [-0.4, -0.2) is 22.3 Å². The molecule has 1 aliphatic rings. The highest BCUT2D eigenvalue weighted by atomic mass is 19.3. The molecule has 1 fully saturated rings. The van der Waals surface area contributed by atoms with Gasteiger partial charge in [-0.15, -0.1) is 0 Å². The summed E-state index contributed by atoms with van der Waals surface area (Å²) in [4.78, 5) is 14.9. The van der Waals surface area contributed by atoms with Gasteiger partial charge in [-0.2, -0.15) is 4.98 Å². The van der Waals surface area contributed by atoms with Crippen molar-refractivity contribution in [2.45, 2.75) is 51.4 Å². The molecule has 100 valence electrons. The zero-order chi connectivity index (χ0) is 13.1. The van der Waals surface area contributed by atoms with Gasteiger partial charge in [-0.1, -0.05) is 18.5 Å². The van der Waals surface area contributed by atoms with Crippen LogP contribution in [0.2, 0.25) is 0 Å². The molecule has 18 heavy (non-hydrogen) atoms. The molecule has 1 aromatic heterocycles. The summed E-state index contributed by atoms with van der Waals surface area (Å²) in [6, 6.07) is 0. The third-order valence-electron chi connectivity index (χ3n) is 3.54. The first-order valence-corrected chi connectivity index (χ1v) is 6.23. The highest BCUT2D eigenvalue weighted by Gasteiger charge is 2.29. The van der Waals surface area contributed by atoms with Crippen LogP contribution < -0.4 is 0 Å². The van der Waals surface area contributed by atoms with Gasteiger partial charge in [-0.25, -0.2) is 8.78 Å². The fourth-order valence-electron chi connectivity index (χ4n) is 2.41. The van der Waals surface area contributed by atoms with E-state index >= 15 is 0 Å². The van der Waals surface area contributed by atoms with E-state index in [1.807, 2.05) is 0 Å². The molecule has 6 heteroatoms. The van der Waals surface area contributed by atoms with Crippen LogP contribution in [0.15, 0.2) is 4.52 Å². The summed E-state index contributed by atoms with van der Waals surface area (Å²) in [6.45, 7) is 2.15. The van der Waals surface area contributed by atoms with Gasteiger partial charge in [0.2, 0.25) is 11.7 Å². The Morgan fingerprint density at radius 2 is 2.28 bits per heavy atom. The van der Waals surface area contributed by atoms with Crippen LogP contribution in [-0.2, 0) is 11.2 Å². The molecule has 1 aromatic rings. The third-order valence-corrected chi connectivity index (χ3v) is 3.54. The Morgan fingerprint density at radius 3 is 2.89 bits per heavy atom. The van der Waals surface area contributed by atoms with Crippen molar-refractivity contribution in [3.8, 4) is 0 Å². The topological polar surface area (TPSA) is 56.0 Å². The smallest absolute Gasteiger partial charge is 0.296 e. The molecule has 0 saturated heterocycles. The number of hydrogen-bond acceptors (Lipinski definition) is 4. The number of halogens is 2. The summed E-state index contributed by atoms with van der Waals surface area (Å²) in [5.41, 5.74) is 0. The van der Waals surface area contributed by atoms with Crippen molar-refractivity contribution in [1.29, 1.82) is 0 Å². The first-order chi connectivity index (χ1) is 8.60. The molecule has 2 unspecified atom stereocenters. The third kappa shape index (κ3) is 2.91. The van der Waals surface area contributed by atoms with Crippen LogP contribution in [0.4, 0.5) is 8.78 Å².